The fourth-order valence-electron chi connectivity index (χ4n) is 2.52. The van der Waals surface area contributed by atoms with E-state index in [4.69, 9.17) is 4.74 Å². The number of benzene rings is 1. The second-order valence-electron chi connectivity index (χ2n) is 7.70. The highest BCUT2D eigenvalue weighted by atomic mass is 16.5. The van der Waals surface area contributed by atoms with Gasteiger partial charge in [-0.1, -0.05) is 26.0 Å². The Morgan fingerprint density at radius 3 is 2.66 bits per heavy atom. The molecule has 0 heterocycles. The molecule has 7 heteroatoms. The molecule has 29 heavy (non-hydrogen) atoms. The van der Waals surface area contributed by atoms with E-state index in [1.165, 1.54) is 0 Å². The van der Waals surface area contributed by atoms with Gasteiger partial charge in [-0.25, -0.2) is 4.99 Å². The van der Waals surface area contributed by atoms with Crippen molar-refractivity contribution in [2.75, 3.05) is 53.5 Å². The van der Waals surface area contributed by atoms with Crippen molar-refractivity contribution in [3.05, 3.63) is 35.4 Å². The lowest BCUT2D eigenvalue weighted by molar-refractivity contribution is 0.0951. The molecule has 0 unspecified atom stereocenters. The molecule has 0 radical (unpaired) electrons. The van der Waals surface area contributed by atoms with Crippen LogP contribution < -0.4 is 16.0 Å². The number of guanidine groups is 1. The van der Waals surface area contributed by atoms with Crippen LogP contribution in [0.4, 0.5) is 0 Å². The number of nitrogens with zero attached hydrogens (tertiary/aromatic N) is 2. The Hall–Kier alpha value is -2.12. The molecule has 1 rings (SSSR count). The van der Waals surface area contributed by atoms with Gasteiger partial charge in [-0.3, -0.25) is 4.79 Å². The van der Waals surface area contributed by atoms with Crippen molar-refractivity contribution in [3.63, 3.8) is 0 Å². The monoisotopic (exact) mass is 405 g/mol. The van der Waals surface area contributed by atoms with Crippen LogP contribution in [0.15, 0.2) is 29.3 Å². The molecule has 0 spiro atoms. The molecule has 7 nitrogen and oxygen atoms in total. The third-order valence-electron chi connectivity index (χ3n) is 4.01. The molecule has 0 saturated heterocycles. The maximum absolute atomic E-state index is 12.3. The second-order valence-corrected chi connectivity index (χ2v) is 7.70. The van der Waals surface area contributed by atoms with Crippen LogP contribution in [0.3, 0.4) is 0 Å². The van der Waals surface area contributed by atoms with Gasteiger partial charge in [-0.2, -0.15) is 0 Å². The molecule has 1 aromatic rings. The standard InChI is InChI=1S/C22H39N5O2/c1-6-23-22(25-11-8-14-29-17-18(2)3)26-16-19-9-7-10-20(15-19)21(28)24-12-13-27(4)5/h7,9-10,15,18H,6,8,11-14,16-17H2,1-5H3,(H,24,28)(H2,23,25,26). The summed E-state index contributed by atoms with van der Waals surface area (Å²) < 4.78 is 5.60. The Kier molecular flexibility index (Phi) is 12.7. The molecular weight excluding hydrogens is 366 g/mol. The van der Waals surface area contributed by atoms with Gasteiger partial charge in [0.15, 0.2) is 5.96 Å². The minimum absolute atomic E-state index is 0.0518. The first-order valence-corrected chi connectivity index (χ1v) is 10.5. The third kappa shape index (κ3) is 12.1. The largest absolute Gasteiger partial charge is 0.381 e. The Morgan fingerprint density at radius 2 is 1.97 bits per heavy atom. The SMILES string of the molecule is CCNC(=NCc1cccc(C(=O)NCCN(C)C)c1)NCCCOCC(C)C. The van der Waals surface area contributed by atoms with Gasteiger partial charge in [0, 0.05) is 45.0 Å². The van der Waals surface area contributed by atoms with Crippen LogP contribution >= 0.6 is 0 Å². The number of rotatable bonds is 13. The van der Waals surface area contributed by atoms with Crippen LogP contribution in [0.2, 0.25) is 0 Å². The normalized spacial score (nSPS) is 11.8. The second kappa shape index (κ2) is 14.8. The third-order valence-corrected chi connectivity index (χ3v) is 4.01. The first-order chi connectivity index (χ1) is 13.9. The lowest BCUT2D eigenvalue weighted by atomic mass is 10.1. The number of hydrogen-bond donors (Lipinski definition) is 3. The number of amides is 1. The highest BCUT2D eigenvalue weighted by Crippen LogP contribution is 2.07. The molecule has 0 aliphatic carbocycles. The fourth-order valence-corrected chi connectivity index (χ4v) is 2.52. The molecule has 3 N–H and O–H groups in total. The quantitative estimate of drug-likeness (QED) is 0.266. The van der Waals surface area contributed by atoms with Gasteiger partial charge >= 0.3 is 0 Å². The predicted octanol–water partition coefficient (Wildman–Crippen LogP) is 2.10. The number of aliphatic imine (C=N–C) groups is 1. The Balaban J connectivity index is 2.51. The average Bonchev–Trinajstić information content (AvgIpc) is 2.68. The topological polar surface area (TPSA) is 78.0 Å². The number of nitrogens with one attached hydrogen (secondary N) is 3. The number of likely N-dealkylation sites (N-methyl/N-ethyl adjacent to an activating group) is 1. The zero-order valence-electron chi connectivity index (χ0n) is 18.8. The number of carbonyl (C=O) groups is 1. The van der Waals surface area contributed by atoms with Crippen LogP contribution in [0, 0.1) is 5.92 Å². The molecule has 1 aromatic carbocycles. The van der Waals surface area contributed by atoms with Crippen LogP contribution in [0.1, 0.15) is 43.1 Å². The maximum atomic E-state index is 12.3. The van der Waals surface area contributed by atoms with Gasteiger partial charge < -0.3 is 25.6 Å². The Labute approximate surface area is 176 Å². The highest BCUT2D eigenvalue weighted by Gasteiger charge is 2.06. The van der Waals surface area contributed by atoms with Gasteiger partial charge in [0.2, 0.25) is 0 Å². The van der Waals surface area contributed by atoms with E-state index in [2.05, 4.69) is 34.8 Å². The van der Waals surface area contributed by atoms with Crippen molar-refractivity contribution < 1.29 is 9.53 Å². The van der Waals surface area contributed by atoms with Crippen molar-refractivity contribution in [1.82, 2.24) is 20.9 Å². The molecule has 0 aliphatic rings. The number of carbonyl (C=O) groups excluding carboxylic acids is 1. The van der Waals surface area contributed by atoms with Gasteiger partial charge in [0.05, 0.1) is 6.54 Å². The van der Waals surface area contributed by atoms with Crippen molar-refractivity contribution in [1.29, 1.82) is 0 Å². The summed E-state index contributed by atoms with van der Waals surface area (Å²) in [5.74, 6) is 1.29. The molecule has 0 aromatic heterocycles. The summed E-state index contributed by atoms with van der Waals surface area (Å²) in [7, 11) is 3.97. The highest BCUT2D eigenvalue weighted by molar-refractivity contribution is 5.94. The molecule has 164 valence electrons. The first kappa shape index (κ1) is 24.9. The van der Waals surface area contributed by atoms with Crippen molar-refractivity contribution in [3.8, 4) is 0 Å². The van der Waals surface area contributed by atoms with Crippen molar-refractivity contribution >= 4 is 11.9 Å². The maximum Gasteiger partial charge on any atom is 0.251 e. The number of hydrogen-bond acceptors (Lipinski definition) is 4. The summed E-state index contributed by atoms with van der Waals surface area (Å²) >= 11 is 0. The molecule has 1 amide bonds. The average molecular weight is 406 g/mol. The smallest absolute Gasteiger partial charge is 0.251 e. The Bertz CT molecular complexity index is 617. The van der Waals surface area contributed by atoms with E-state index in [0.717, 1.165) is 50.8 Å². The van der Waals surface area contributed by atoms with E-state index >= 15 is 0 Å². The zero-order chi connectivity index (χ0) is 21.5. The van der Waals surface area contributed by atoms with E-state index in [1.54, 1.807) is 0 Å². The number of ether oxygens (including phenoxy) is 1. The summed E-state index contributed by atoms with van der Waals surface area (Å²) in [6.45, 7) is 11.4. The van der Waals surface area contributed by atoms with Crippen LogP contribution in [0.5, 0.6) is 0 Å². The fraction of sp³-hybridized carbons (Fsp3) is 0.636. The van der Waals surface area contributed by atoms with E-state index < -0.39 is 0 Å². The van der Waals surface area contributed by atoms with Crippen LogP contribution in [-0.2, 0) is 11.3 Å². The van der Waals surface area contributed by atoms with E-state index in [9.17, 15) is 4.79 Å². The summed E-state index contributed by atoms with van der Waals surface area (Å²) in [4.78, 5) is 19.0. The molecule has 0 aliphatic heterocycles. The Morgan fingerprint density at radius 1 is 1.17 bits per heavy atom. The molecule has 0 atom stereocenters. The summed E-state index contributed by atoms with van der Waals surface area (Å²) in [6.07, 6.45) is 0.930. The zero-order valence-corrected chi connectivity index (χ0v) is 18.8. The first-order valence-electron chi connectivity index (χ1n) is 10.5. The van der Waals surface area contributed by atoms with Crippen molar-refractivity contribution in [2.24, 2.45) is 10.9 Å². The lowest BCUT2D eigenvalue weighted by Crippen LogP contribution is -2.38. The van der Waals surface area contributed by atoms with Gasteiger partial charge in [0.1, 0.15) is 0 Å². The van der Waals surface area contributed by atoms with Gasteiger partial charge in [-0.05, 0) is 51.1 Å². The molecule has 0 saturated carbocycles. The van der Waals surface area contributed by atoms with Crippen LogP contribution in [-0.4, -0.2) is 70.3 Å². The van der Waals surface area contributed by atoms with E-state index in [-0.39, 0.29) is 5.91 Å². The summed E-state index contributed by atoms with van der Waals surface area (Å²) in [5, 5.41) is 9.52. The summed E-state index contributed by atoms with van der Waals surface area (Å²) in [5.41, 5.74) is 1.67. The predicted molar refractivity (Wildman–Crippen MR) is 120 cm³/mol. The lowest BCUT2D eigenvalue weighted by Gasteiger charge is -2.12. The van der Waals surface area contributed by atoms with Crippen molar-refractivity contribution in [2.45, 2.75) is 33.7 Å². The van der Waals surface area contributed by atoms with E-state index in [0.29, 0.717) is 24.6 Å². The van der Waals surface area contributed by atoms with Crippen LogP contribution in [0.25, 0.3) is 0 Å². The minimum Gasteiger partial charge on any atom is -0.381 e. The minimum atomic E-state index is -0.0518. The molecule has 0 bridgehead atoms. The molecular formula is C22H39N5O2. The molecule has 0 fully saturated rings. The van der Waals surface area contributed by atoms with Gasteiger partial charge in [0.25, 0.3) is 5.91 Å². The van der Waals surface area contributed by atoms with E-state index in [1.807, 2.05) is 50.2 Å². The van der Waals surface area contributed by atoms with Gasteiger partial charge in [-0.15, -0.1) is 0 Å². The summed E-state index contributed by atoms with van der Waals surface area (Å²) in [6, 6.07) is 7.62.